The fourth-order valence-corrected chi connectivity index (χ4v) is 4.71. The first-order chi connectivity index (χ1) is 15.6. The molecular formula is C27H28ClN3O. The highest BCUT2D eigenvalue weighted by Crippen LogP contribution is 2.45. The van der Waals surface area contributed by atoms with Gasteiger partial charge in [0.15, 0.2) is 11.5 Å². The standard InChI is InChI=1S/C27H28ClN3O/c1-29(2)15-8-16-31-24-17-21(28)13-14-22(24)27-25(31)19-30(18-20-9-4-3-5-10-20)23-11-6-7-12-26(23)32-27/h3-7,9-14,17H,8,15-16,18-19H2,1-2H3. The number of benzene rings is 3. The highest BCUT2D eigenvalue weighted by molar-refractivity contribution is 6.31. The maximum Gasteiger partial charge on any atom is 0.158 e. The maximum atomic E-state index is 6.62. The van der Waals surface area contributed by atoms with E-state index in [1.165, 1.54) is 11.3 Å². The van der Waals surface area contributed by atoms with Crippen molar-refractivity contribution in [1.82, 2.24) is 9.47 Å². The number of hydrogen-bond donors (Lipinski definition) is 0. The molecular weight excluding hydrogens is 418 g/mol. The third-order valence-corrected chi connectivity index (χ3v) is 6.28. The quantitative estimate of drug-likeness (QED) is 0.335. The molecule has 0 fully saturated rings. The predicted octanol–water partition coefficient (Wildman–Crippen LogP) is 6.56. The average Bonchev–Trinajstić information content (AvgIpc) is 2.95. The van der Waals surface area contributed by atoms with E-state index in [9.17, 15) is 0 Å². The molecule has 164 valence electrons. The Morgan fingerprint density at radius 2 is 1.75 bits per heavy atom. The third-order valence-electron chi connectivity index (χ3n) is 6.05. The van der Waals surface area contributed by atoms with Crippen molar-refractivity contribution in [2.24, 2.45) is 0 Å². The molecule has 4 nitrogen and oxygen atoms in total. The minimum Gasteiger partial charge on any atom is -0.453 e. The maximum absolute atomic E-state index is 6.62. The highest BCUT2D eigenvalue weighted by Gasteiger charge is 2.27. The number of nitrogens with zero attached hydrogens (tertiary/aromatic N) is 3. The second-order valence-corrected chi connectivity index (χ2v) is 9.09. The molecule has 0 amide bonds. The molecule has 0 bridgehead atoms. The Bertz CT molecular complexity index is 1230. The molecule has 5 heteroatoms. The van der Waals surface area contributed by atoms with Crippen LogP contribution in [0.2, 0.25) is 5.02 Å². The van der Waals surface area contributed by atoms with Crippen LogP contribution in [0.5, 0.6) is 11.5 Å². The summed E-state index contributed by atoms with van der Waals surface area (Å²) in [6.07, 6.45) is 1.06. The summed E-state index contributed by atoms with van der Waals surface area (Å²) in [5, 5.41) is 1.87. The molecule has 0 unspecified atom stereocenters. The molecule has 0 spiro atoms. The molecule has 0 N–H and O–H groups in total. The summed E-state index contributed by atoms with van der Waals surface area (Å²) in [5.74, 6) is 1.84. The van der Waals surface area contributed by atoms with Crippen LogP contribution < -0.4 is 9.64 Å². The van der Waals surface area contributed by atoms with Crippen LogP contribution in [-0.2, 0) is 19.6 Å². The van der Waals surface area contributed by atoms with E-state index in [1.54, 1.807) is 0 Å². The average molecular weight is 446 g/mol. The first kappa shape index (κ1) is 20.9. The van der Waals surface area contributed by atoms with Crippen LogP contribution in [0.15, 0.2) is 72.8 Å². The number of aromatic nitrogens is 1. The molecule has 32 heavy (non-hydrogen) atoms. The van der Waals surface area contributed by atoms with Crippen molar-refractivity contribution in [1.29, 1.82) is 0 Å². The van der Waals surface area contributed by atoms with E-state index in [0.717, 1.165) is 65.7 Å². The monoisotopic (exact) mass is 445 g/mol. The van der Waals surface area contributed by atoms with Crippen molar-refractivity contribution in [3.05, 3.63) is 89.1 Å². The largest absolute Gasteiger partial charge is 0.453 e. The molecule has 3 aromatic carbocycles. The Hall–Kier alpha value is -2.95. The van der Waals surface area contributed by atoms with Gasteiger partial charge in [0.25, 0.3) is 0 Å². The van der Waals surface area contributed by atoms with Crippen LogP contribution >= 0.6 is 11.6 Å². The molecule has 5 rings (SSSR count). The van der Waals surface area contributed by atoms with E-state index >= 15 is 0 Å². The Morgan fingerprint density at radius 1 is 0.969 bits per heavy atom. The smallest absolute Gasteiger partial charge is 0.158 e. The van der Waals surface area contributed by atoms with E-state index < -0.39 is 0 Å². The molecule has 4 aromatic rings. The van der Waals surface area contributed by atoms with Gasteiger partial charge in [0.1, 0.15) is 0 Å². The van der Waals surface area contributed by atoms with Crippen molar-refractivity contribution in [2.75, 3.05) is 25.5 Å². The lowest BCUT2D eigenvalue weighted by Gasteiger charge is -2.25. The van der Waals surface area contributed by atoms with Crippen LogP contribution in [0.3, 0.4) is 0 Å². The summed E-state index contributed by atoms with van der Waals surface area (Å²) in [4.78, 5) is 4.64. The van der Waals surface area contributed by atoms with E-state index in [0.29, 0.717) is 0 Å². The fourth-order valence-electron chi connectivity index (χ4n) is 4.54. The van der Waals surface area contributed by atoms with Crippen molar-refractivity contribution < 1.29 is 4.74 Å². The zero-order valence-electron chi connectivity index (χ0n) is 18.6. The van der Waals surface area contributed by atoms with Crippen LogP contribution in [0.4, 0.5) is 5.69 Å². The van der Waals surface area contributed by atoms with Gasteiger partial charge >= 0.3 is 0 Å². The van der Waals surface area contributed by atoms with E-state index in [-0.39, 0.29) is 0 Å². The topological polar surface area (TPSA) is 20.6 Å². The third kappa shape index (κ3) is 4.08. The van der Waals surface area contributed by atoms with Gasteiger partial charge in [0.05, 0.1) is 23.4 Å². The minimum atomic E-state index is 0.751. The lowest BCUT2D eigenvalue weighted by atomic mass is 10.2. The van der Waals surface area contributed by atoms with Crippen molar-refractivity contribution in [2.45, 2.75) is 26.1 Å². The molecule has 0 atom stereocenters. The lowest BCUT2D eigenvalue weighted by molar-refractivity contribution is 0.385. The van der Waals surface area contributed by atoms with Crippen molar-refractivity contribution in [3.8, 4) is 11.5 Å². The normalized spacial score (nSPS) is 13.1. The highest BCUT2D eigenvalue weighted by atomic mass is 35.5. The Kier molecular flexibility index (Phi) is 5.81. The van der Waals surface area contributed by atoms with Gasteiger partial charge in [-0.05, 0) is 63.0 Å². The SMILES string of the molecule is CN(C)CCCn1c2c(c3ccc(Cl)cc31)Oc1ccccc1N(Cc1ccccc1)C2. The first-order valence-corrected chi connectivity index (χ1v) is 11.5. The minimum absolute atomic E-state index is 0.751. The van der Waals surface area contributed by atoms with E-state index in [1.807, 2.05) is 12.1 Å². The van der Waals surface area contributed by atoms with Gasteiger partial charge in [-0.1, -0.05) is 54.1 Å². The Morgan fingerprint density at radius 3 is 2.56 bits per heavy atom. The second kappa shape index (κ2) is 8.89. The van der Waals surface area contributed by atoms with Gasteiger partial charge in [-0.15, -0.1) is 0 Å². The summed E-state index contributed by atoms with van der Waals surface area (Å²) < 4.78 is 9.02. The number of rotatable bonds is 6. The number of aryl methyl sites for hydroxylation is 1. The van der Waals surface area contributed by atoms with Gasteiger partial charge in [-0.2, -0.15) is 0 Å². The van der Waals surface area contributed by atoms with Crippen LogP contribution in [0.25, 0.3) is 10.9 Å². The summed E-state index contributed by atoms with van der Waals surface area (Å²) in [6.45, 7) is 3.54. The number of ether oxygens (including phenoxy) is 1. The number of para-hydroxylation sites is 2. The molecule has 1 aromatic heterocycles. The molecule has 0 radical (unpaired) electrons. The molecule has 0 aliphatic carbocycles. The van der Waals surface area contributed by atoms with E-state index in [2.05, 4.69) is 89.1 Å². The van der Waals surface area contributed by atoms with Crippen LogP contribution in [-0.4, -0.2) is 30.1 Å². The van der Waals surface area contributed by atoms with Crippen LogP contribution in [0.1, 0.15) is 17.7 Å². The van der Waals surface area contributed by atoms with Gasteiger partial charge in [0, 0.05) is 23.5 Å². The fraction of sp³-hybridized carbons (Fsp3) is 0.259. The number of fused-ring (bicyclic) bond motifs is 4. The second-order valence-electron chi connectivity index (χ2n) is 8.66. The van der Waals surface area contributed by atoms with Gasteiger partial charge in [0.2, 0.25) is 0 Å². The zero-order valence-corrected chi connectivity index (χ0v) is 19.3. The van der Waals surface area contributed by atoms with Crippen LogP contribution in [0, 0.1) is 0 Å². The number of anilines is 1. The Labute approximate surface area is 194 Å². The summed E-state index contributed by atoms with van der Waals surface area (Å²) >= 11 is 6.42. The molecule has 0 saturated carbocycles. The van der Waals surface area contributed by atoms with E-state index in [4.69, 9.17) is 16.3 Å². The van der Waals surface area contributed by atoms with Crippen molar-refractivity contribution >= 4 is 28.2 Å². The summed E-state index contributed by atoms with van der Waals surface area (Å²) in [6, 6.07) is 25.1. The zero-order chi connectivity index (χ0) is 22.1. The lowest BCUT2D eigenvalue weighted by Crippen LogP contribution is -2.23. The van der Waals surface area contributed by atoms with Gasteiger partial charge < -0.3 is 19.1 Å². The number of halogens is 1. The molecule has 1 aliphatic heterocycles. The van der Waals surface area contributed by atoms with Gasteiger partial charge in [-0.25, -0.2) is 0 Å². The number of hydrogen-bond acceptors (Lipinski definition) is 3. The Balaban J connectivity index is 1.62. The first-order valence-electron chi connectivity index (χ1n) is 11.1. The van der Waals surface area contributed by atoms with Gasteiger partial charge in [-0.3, -0.25) is 0 Å². The van der Waals surface area contributed by atoms with Crippen molar-refractivity contribution in [3.63, 3.8) is 0 Å². The molecule has 0 saturated heterocycles. The molecule has 1 aliphatic rings. The molecule has 2 heterocycles. The summed E-state index contributed by atoms with van der Waals surface area (Å²) in [5.41, 5.74) is 4.74. The summed E-state index contributed by atoms with van der Waals surface area (Å²) in [7, 11) is 4.24. The predicted molar refractivity (Wildman–Crippen MR) is 133 cm³/mol.